The Morgan fingerprint density at radius 2 is 1.23 bits per heavy atom. The molecule has 3 rings (SSSR count). The van der Waals surface area contributed by atoms with Gasteiger partial charge in [0.15, 0.2) is 0 Å². The van der Waals surface area contributed by atoms with Crippen LogP contribution in [0.1, 0.15) is 26.3 Å². The zero-order valence-electron chi connectivity index (χ0n) is 13.4. The lowest BCUT2D eigenvalue weighted by atomic mass is 9.79. The molecule has 0 fully saturated rings. The predicted molar refractivity (Wildman–Crippen MR) is 94.9 cm³/mol. The maximum absolute atomic E-state index is 3.46. The van der Waals surface area contributed by atoms with E-state index >= 15 is 0 Å². The molecule has 0 aliphatic rings. The molecule has 0 aliphatic carbocycles. The highest BCUT2D eigenvalue weighted by Gasteiger charge is 2.21. The van der Waals surface area contributed by atoms with E-state index in [2.05, 4.69) is 99.6 Å². The number of hydrogen-bond donors (Lipinski definition) is 0. The molecular formula is C22H21. The van der Waals surface area contributed by atoms with Gasteiger partial charge in [0.05, 0.1) is 0 Å². The number of benzene rings is 3. The van der Waals surface area contributed by atoms with Crippen LogP contribution < -0.4 is 0 Å². The summed E-state index contributed by atoms with van der Waals surface area (Å²) in [5.41, 5.74) is 6.39. The van der Waals surface area contributed by atoms with Gasteiger partial charge in [0.2, 0.25) is 0 Å². The standard InChI is InChI=1S/C22H21/c1-22(2,3)20-16-10-15-19(17-11-6-4-7-12-17)21(20)18-13-8-5-9-14-18/h4-14,16H,1-3H3. The minimum atomic E-state index is 0.0871. The SMILES string of the molecule is CC(C)(C)c1cc[c]c(-c2ccccc2)c1-c1ccccc1. The van der Waals surface area contributed by atoms with Crippen molar-refractivity contribution < 1.29 is 0 Å². The lowest BCUT2D eigenvalue weighted by Gasteiger charge is -2.25. The molecule has 1 radical (unpaired) electrons. The van der Waals surface area contributed by atoms with Crippen molar-refractivity contribution in [1.29, 1.82) is 0 Å². The first kappa shape index (κ1) is 14.6. The minimum Gasteiger partial charge on any atom is -0.0622 e. The summed E-state index contributed by atoms with van der Waals surface area (Å²) in [7, 11) is 0. The third kappa shape index (κ3) is 2.82. The van der Waals surface area contributed by atoms with Crippen LogP contribution in [0.15, 0.2) is 72.8 Å². The molecule has 0 atom stereocenters. The summed E-state index contributed by atoms with van der Waals surface area (Å²) < 4.78 is 0. The van der Waals surface area contributed by atoms with E-state index in [4.69, 9.17) is 0 Å². The van der Waals surface area contributed by atoms with Gasteiger partial charge in [-0.05, 0) is 39.3 Å². The van der Waals surface area contributed by atoms with Crippen molar-refractivity contribution in [3.63, 3.8) is 0 Å². The molecular weight excluding hydrogens is 264 g/mol. The van der Waals surface area contributed by atoms with Gasteiger partial charge in [0, 0.05) is 0 Å². The minimum absolute atomic E-state index is 0.0871. The summed E-state index contributed by atoms with van der Waals surface area (Å²) in [4.78, 5) is 0. The Balaban J connectivity index is 2.32. The molecule has 0 saturated heterocycles. The maximum atomic E-state index is 3.46. The molecule has 0 N–H and O–H groups in total. The average molecular weight is 285 g/mol. The van der Waals surface area contributed by atoms with Crippen molar-refractivity contribution in [2.75, 3.05) is 0 Å². The first-order valence-electron chi connectivity index (χ1n) is 7.73. The second kappa shape index (κ2) is 5.81. The van der Waals surface area contributed by atoms with Crippen LogP contribution in [0.25, 0.3) is 22.3 Å². The van der Waals surface area contributed by atoms with Crippen molar-refractivity contribution in [2.24, 2.45) is 0 Å². The van der Waals surface area contributed by atoms with E-state index in [1.807, 2.05) is 0 Å². The van der Waals surface area contributed by atoms with Crippen LogP contribution in [-0.2, 0) is 5.41 Å². The van der Waals surface area contributed by atoms with Gasteiger partial charge < -0.3 is 0 Å². The highest BCUT2D eigenvalue weighted by atomic mass is 14.2. The molecule has 0 bridgehead atoms. The second-order valence-corrected chi connectivity index (χ2v) is 6.62. The summed E-state index contributed by atoms with van der Waals surface area (Å²) >= 11 is 0. The van der Waals surface area contributed by atoms with Gasteiger partial charge in [-0.3, -0.25) is 0 Å². The van der Waals surface area contributed by atoms with Crippen molar-refractivity contribution >= 4 is 0 Å². The second-order valence-electron chi connectivity index (χ2n) is 6.62. The monoisotopic (exact) mass is 285 g/mol. The fourth-order valence-electron chi connectivity index (χ4n) is 2.86. The van der Waals surface area contributed by atoms with Gasteiger partial charge in [-0.2, -0.15) is 0 Å². The largest absolute Gasteiger partial charge is 0.0622 e. The Labute approximate surface area is 133 Å². The fraction of sp³-hybridized carbons (Fsp3) is 0.182. The summed E-state index contributed by atoms with van der Waals surface area (Å²) in [6.45, 7) is 6.80. The van der Waals surface area contributed by atoms with Gasteiger partial charge in [-0.1, -0.05) is 93.6 Å². The highest BCUT2D eigenvalue weighted by molar-refractivity contribution is 5.86. The molecule has 109 valence electrons. The first-order valence-corrected chi connectivity index (χ1v) is 7.73. The summed E-state index contributed by atoms with van der Waals surface area (Å²) in [6.07, 6.45) is 0. The highest BCUT2D eigenvalue weighted by Crippen LogP contribution is 2.39. The van der Waals surface area contributed by atoms with E-state index in [1.165, 1.54) is 27.8 Å². The fourth-order valence-corrected chi connectivity index (χ4v) is 2.86. The molecule has 3 aromatic carbocycles. The lowest BCUT2D eigenvalue weighted by Crippen LogP contribution is -2.13. The topological polar surface area (TPSA) is 0 Å². The number of rotatable bonds is 2. The van der Waals surface area contributed by atoms with Crippen LogP contribution in [0.5, 0.6) is 0 Å². The first-order chi connectivity index (χ1) is 10.6. The predicted octanol–water partition coefficient (Wildman–Crippen LogP) is 6.12. The van der Waals surface area contributed by atoms with Crippen LogP contribution in [0.2, 0.25) is 0 Å². The van der Waals surface area contributed by atoms with Crippen LogP contribution in [0.3, 0.4) is 0 Å². The Hall–Kier alpha value is -2.34. The van der Waals surface area contributed by atoms with Crippen molar-refractivity contribution in [3.05, 3.63) is 84.4 Å². The maximum Gasteiger partial charge on any atom is -0.00236 e. The molecule has 0 spiro atoms. The molecule has 0 heteroatoms. The molecule has 0 aliphatic heterocycles. The van der Waals surface area contributed by atoms with E-state index in [1.54, 1.807) is 0 Å². The summed E-state index contributed by atoms with van der Waals surface area (Å²) in [5.74, 6) is 0. The molecule has 0 amide bonds. The third-order valence-electron chi connectivity index (χ3n) is 3.93. The van der Waals surface area contributed by atoms with E-state index in [0.717, 1.165) is 0 Å². The van der Waals surface area contributed by atoms with Crippen molar-refractivity contribution in [1.82, 2.24) is 0 Å². The van der Waals surface area contributed by atoms with E-state index in [0.29, 0.717) is 0 Å². The average Bonchev–Trinajstić information content (AvgIpc) is 2.55. The Bertz CT molecular complexity index is 747. The Kier molecular flexibility index (Phi) is 3.85. The third-order valence-corrected chi connectivity index (χ3v) is 3.93. The molecule has 0 unspecified atom stereocenters. The number of hydrogen-bond acceptors (Lipinski definition) is 0. The normalized spacial score (nSPS) is 11.4. The van der Waals surface area contributed by atoms with Crippen LogP contribution in [-0.4, -0.2) is 0 Å². The molecule has 0 aromatic heterocycles. The van der Waals surface area contributed by atoms with E-state index < -0.39 is 0 Å². The molecule has 0 heterocycles. The van der Waals surface area contributed by atoms with Gasteiger partial charge in [-0.25, -0.2) is 0 Å². The van der Waals surface area contributed by atoms with Gasteiger partial charge >= 0.3 is 0 Å². The van der Waals surface area contributed by atoms with Crippen LogP contribution in [0, 0.1) is 6.07 Å². The van der Waals surface area contributed by atoms with Gasteiger partial charge in [0.25, 0.3) is 0 Å². The summed E-state index contributed by atoms with van der Waals surface area (Å²) in [5, 5.41) is 0. The Morgan fingerprint density at radius 1 is 0.682 bits per heavy atom. The molecule has 22 heavy (non-hydrogen) atoms. The van der Waals surface area contributed by atoms with Crippen LogP contribution >= 0.6 is 0 Å². The van der Waals surface area contributed by atoms with Crippen LogP contribution in [0.4, 0.5) is 0 Å². The molecule has 0 nitrogen and oxygen atoms in total. The van der Waals surface area contributed by atoms with E-state index in [9.17, 15) is 0 Å². The van der Waals surface area contributed by atoms with Gasteiger partial charge in [-0.15, -0.1) is 0 Å². The lowest BCUT2D eigenvalue weighted by molar-refractivity contribution is 0.592. The Morgan fingerprint density at radius 3 is 1.77 bits per heavy atom. The zero-order valence-corrected chi connectivity index (χ0v) is 13.4. The van der Waals surface area contributed by atoms with E-state index in [-0.39, 0.29) is 5.41 Å². The smallest absolute Gasteiger partial charge is 0.00236 e. The van der Waals surface area contributed by atoms with Crippen molar-refractivity contribution in [3.8, 4) is 22.3 Å². The zero-order chi connectivity index (χ0) is 15.6. The quantitative estimate of drug-likeness (QED) is 0.532. The van der Waals surface area contributed by atoms with Crippen molar-refractivity contribution in [2.45, 2.75) is 26.2 Å². The molecule has 0 saturated carbocycles. The molecule has 3 aromatic rings. The van der Waals surface area contributed by atoms with Gasteiger partial charge in [0.1, 0.15) is 0 Å². The summed E-state index contributed by atoms with van der Waals surface area (Å²) in [6, 6.07) is 28.9.